The van der Waals surface area contributed by atoms with E-state index in [4.69, 9.17) is 17.3 Å². The fraction of sp³-hybridized carbons (Fsp3) is 0. The monoisotopic (exact) mass is 342 g/mol. The number of thiocarbonyl (C=S) groups is 1. The summed E-state index contributed by atoms with van der Waals surface area (Å²) in [6.07, 6.45) is 3.34. The van der Waals surface area contributed by atoms with Crippen LogP contribution in [0.5, 0.6) is 0 Å². The maximum atomic E-state index is 12.5. The zero-order valence-corrected chi connectivity index (χ0v) is 13.3. The molecule has 0 spiro atoms. The van der Waals surface area contributed by atoms with Gasteiger partial charge in [0, 0.05) is 6.20 Å². The van der Waals surface area contributed by atoms with Crippen LogP contribution >= 0.6 is 24.0 Å². The van der Waals surface area contributed by atoms with Crippen LogP contribution < -0.4 is 4.90 Å². The maximum absolute atomic E-state index is 12.5. The van der Waals surface area contributed by atoms with E-state index >= 15 is 0 Å². The number of aromatic nitrogens is 1. The van der Waals surface area contributed by atoms with Crippen molar-refractivity contribution in [3.8, 4) is 0 Å². The van der Waals surface area contributed by atoms with Gasteiger partial charge in [0.15, 0.2) is 4.32 Å². The number of hydrogen-bond donors (Lipinski definition) is 1. The number of amides is 1. The molecule has 1 N–H and O–H groups in total. The van der Waals surface area contributed by atoms with Crippen LogP contribution in [0.4, 0.5) is 5.69 Å². The fourth-order valence-electron chi connectivity index (χ4n) is 2.04. The first-order valence-corrected chi connectivity index (χ1v) is 7.81. The molecule has 23 heavy (non-hydrogen) atoms. The van der Waals surface area contributed by atoms with Gasteiger partial charge in [-0.05, 0) is 42.5 Å². The molecule has 2 heterocycles. The second-order valence-corrected chi connectivity index (χ2v) is 6.30. The van der Waals surface area contributed by atoms with Gasteiger partial charge in [0.25, 0.3) is 5.91 Å². The number of aromatic carboxylic acids is 1. The Morgan fingerprint density at radius 1 is 1.22 bits per heavy atom. The van der Waals surface area contributed by atoms with E-state index in [0.29, 0.717) is 20.6 Å². The first-order valence-electron chi connectivity index (χ1n) is 6.58. The van der Waals surface area contributed by atoms with Crippen LogP contribution in [0.15, 0.2) is 53.6 Å². The van der Waals surface area contributed by atoms with Gasteiger partial charge in [0.1, 0.15) is 0 Å². The summed E-state index contributed by atoms with van der Waals surface area (Å²) >= 11 is 6.46. The maximum Gasteiger partial charge on any atom is 0.335 e. The number of carbonyl (C=O) groups excluding carboxylic acids is 1. The van der Waals surface area contributed by atoms with Crippen molar-refractivity contribution in [3.63, 3.8) is 0 Å². The fourth-order valence-corrected chi connectivity index (χ4v) is 3.32. The number of carboxylic acids is 1. The van der Waals surface area contributed by atoms with E-state index in [1.54, 1.807) is 36.5 Å². The van der Waals surface area contributed by atoms with E-state index in [-0.39, 0.29) is 11.5 Å². The molecule has 1 aliphatic rings. The van der Waals surface area contributed by atoms with Crippen molar-refractivity contribution in [3.05, 3.63) is 64.8 Å². The molecule has 7 heteroatoms. The number of pyridine rings is 1. The number of anilines is 1. The molecule has 1 aliphatic heterocycles. The largest absolute Gasteiger partial charge is 0.478 e. The highest BCUT2D eigenvalue weighted by Gasteiger charge is 2.33. The average molecular weight is 342 g/mol. The van der Waals surface area contributed by atoms with Crippen LogP contribution in [-0.2, 0) is 4.79 Å². The first kappa shape index (κ1) is 15.4. The minimum Gasteiger partial charge on any atom is -0.478 e. The van der Waals surface area contributed by atoms with E-state index in [2.05, 4.69) is 4.98 Å². The Kier molecular flexibility index (Phi) is 4.22. The molecule has 1 amide bonds. The van der Waals surface area contributed by atoms with Gasteiger partial charge in [-0.15, -0.1) is 0 Å². The number of benzene rings is 1. The quantitative estimate of drug-likeness (QED) is 0.682. The van der Waals surface area contributed by atoms with Gasteiger partial charge >= 0.3 is 5.97 Å². The summed E-state index contributed by atoms with van der Waals surface area (Å²) < 4.78 is 0.403. The van der Waals surface area contributed by atoms with E-state index in [1.165, 1.54) is 28.8 Å². The van der Waals surface area contributed by atoms with E-state index in [1.807, 2.05) is 6.07 Å². The third kappa shape index (κ3) is 3.15. The van der Waals surface area contributed by atoms with Gasteiger partial charge in [0.2, 0.25) is 0 Å². The molecule has 0 atom stereocenters. The summed E-state index contributed by atoms with van der Waals surface area (Å²) in [5.41, 5.74) is 1.37. The van der Waals surface area contributed by atoms with Gasteiger partial charge in [-0.2, -0.15) is 0 Å². The Hall–Kier alpha value is -2.51. The summed E-state index contributed by atoms with van der Waals surface area (Å²) in [5, 5.41) is 8.92. The summed E-state index contributed by atoms with van der Waals surface area (Å²) in [7, 11) is 0. The molecule has 5 nitrogen and oxygen atoms in total. The summed E-state index contributed by atoms with van der Waals surface area (Å²) in [6, 6.07) is 11.5. The standard InChI is InChI=1S/C16H10N2O3S2/c19-14-13(9-11-3-1-2-8-17-11)23-16(22)18(14)12-6-4-10(5-7-12)15(20)21/h1-9H,(H,20,21)/b13-9+. The highest BCUT2D eigenvalue weighted by atomic mass is 32.2. The molecular formula is C16H10N2O3S2. The summed E-state index contributed by atoms with van der Waals surface area (Å²) in [6.45, 7) is 0. The van der Waals surface area contributed by atoms with Crippen LogP contribution in [0.2, 0.25) is 0 Å². The van der Waals surface area contributed by atoms with Crippen molar-refractivity contribution in [2.75, 3.05) is 4.90 Å². The molecule has 114 valence electrons. The van der Waals surface area contributed by atoms with Crippen molar-refractivity contribution in [1.82, 2.24) is 4.98 Å². The highest BCUT2D eigenvalue weighted by Crippen LogP contribution is 2.35. The van der Waals surface area contributed by atoms with Gasteiger partial charge in [-0.3, -0.25) is 14.7 Å². The van der Waals surface area contributed by atoms with Crippen LogP contribution in [0.25, 0.3) is 6.08 Å². The van der Waals surface area contributed by atoms with Crippen molar-refractivity contribution in [2.45, 2.75) is 0 Å². The molecule has 0 aliphatic carbocycles. The van der Waals surface area contributed by atoms with Crippen molar-refractivity contribution >= 4 is 51.9 Å². The Bertz CT molecular complexity index is 817. The van der Waals surface area contributed by atoms with Crippen molar-refractivity contribution < 1.29 is 14.7 Å². The second kappa shape index (κ2) is 6.31. The van der Waals surface area contributed by atoms with Crippen molar-refractivity contribution in [2.24, 2.45) is 0 Å². The normalized spacial score (nSPS) is 16.2. The predicted molar refractivity (Wildman–Crippen MR) is 93.3 cm³/mol. The number of nitrogens with zero attached hydrogens (tertiary/aromatic N) is 2. The number of hydrogen-bond acceptors (Lipinski definition) is 5. The minimum atomic E-state index is -1.02. The third-order valence-corrected chi connectivity index (χ3v) is 4.44. The minimum absolute atomic E-state index is 0.156. The van der Waals surface area contributed by atoms with Crippen LogP contribution in [0.3, 0.4) is 0 Å². The zero-order valence-electron chi connectivity index (χ0n) is 11.7. The third-order valence-electron chi connectivity index (χ3n) is 3.13. The molecular weight excluding hydrogens is 332 g/mol. The number of carboxylic acid groups (broad SMARTS) is 1. The van der Waals surface area contributed by atoms with Crippen LogP contribution in [-0.4, -0.2) is 26.3 Å². The summed E-state index contributed by atoms with van der Waals surface area (Å²) in [5.74, 6) is -1.26. The lowest BCUT2D eigenvalue weighted by Gasteiger charge is -2.14. The van der Waals surface area contributed by atoms with Crippen molar-refractivity contribution in [1.29, 1.82) is 0 Å². The molecule has 2 aromatic rings. The lowest BCUT2D eigenvalue weighted by Crippen LogP contribution is -2.27. The molecule has 1 saturated heterocycles. The lowest BCUT2D eigenvalue weighted by molar-refractivity contribution is -0.113. The van der Waals surface area contributed by atoms with Gasteiger partial charge in [-0.25, -0.2) is 4.79 Å². The number of rotatable bonds is 3. The smallest absolute Gasteiger partial charge is 0.335 e. The molecule has 1 aromatic heterocycles. The zero-order chi connectivity index (χ0) is 16.4. The number of thioether (sulfide) groups is 1. The van der Waals surface area contributed by atoms with E-state index in [0.717, 1.165) is 0 Å². The van der Waals surface area contributed by atoms with E-state index in [9.17, 15) is 9.59 Å². The Balaban J connectivity index is 1.90. The molecule has 1 fully saturated rings. The molecule has 0 saturated carbocycles. The highest BCUT2D eigenvalue weighted by molar-refractivity contribution is 8.27. The molecule has 0 bridgehead atoms. The predicted octanol–water partition coefficient (Wildman–Crippen LogP) is 3.19. The average Bonchev–Trinajstić information content (AvgIpc) is 2.82. The van der Waals surface area contributed by atoms with Gasteiger partial charge in [-0.1, -0.05) is 30.0 Å². The Morgan fingerprint density at radius 3 is 2.57 bits per heavy atom. The van der Waals surface area contributed by atoms with Crippen LogP contribution in [0, 0.1) is 0 Å². The Morgan fingerprint density at radius 2 is 1.96 bits per heavy atom. The molecule has 0 unspecified atom stereocenters. The summed E-state index contributed by atoms with van der Waals surface area (Å²) in [4.78, 5) is 29.5. The molecule has 1 aromatic carbocycles. The molecule has 3 rings (SSSR count). The SMILES string of the molecule is O=C(O)c1ccc(N2C(=O)/C(=C\c3ccccn3)SC2=S)cc1. The molecule has 0 radical (unpaired) electrons. The lowest BCUT2D eigenvalue weighted by atomic mass is 10.2. The van der Waals surface area contributed by atoms with Crippen LogP contribution in [0.1, 0.15) is 16.1 Å². The van der Waals surface area contributed by atoms with Gasteiger partial charge < -0.3 is 5.11 Å². The second-order valence-electron chi connectivity index (χ2n) is 4.62. The topological polar surface area (TPSA) is 70.5 Å². The first-order chi connectivity index (χ1) is 11.1. The number of carbonyl (C=O) groups is 2. The van der Waals surface area contributed by atoms with Gasteiger partial charge in [0.05, 0.1) is 21.8 Å². The Labute approximate surface area is 141 Å². The van der Waals surface area contributed by atoms with E-state index < -0.39 is 5.97 Å².